The van der Waals surface area contributed by atoms with Crippen molar-refractivity contribution < 1.29 is 44.3 Å². The fourth-order valence-corrected chi connectivity index (χ4v) is 7.26. The molecule has 3 fully saturated rings. The van der Waals surface area contributed by atoms with Crippen molar-refractivity contribution >= 4 is 17.5 Å². The van der Waals surface area contributed by atoms with Crippen LogP contribution in [0.1, 0.15) is 60.3 Å². The molecule has 0 radical (unpaired) electrons. The topological polar surface area (TPSA) is 152 Å². The van der Waals surface area contributed by atoms with Gasteiger partial charge in [0.15, 0.2) is 17.2 Å². The number of carboxylic acid groups (broad SMARTS) is 1. The largest absolute Gasteiger partial charge is 0.481 e. The van der Waals surface area contributed by atoms with E-state index in [1.165, 1.54) is 12.2 Å². The third-order valence-corrected chi connectivity index (χ3v) is 8.79. The number of rotatable bonds is 2. The molecule has 0 amide bonds. The van der Waals surface area contributed by atoms with E-state index in [-0.39, 0.29) is 24.7 Å². The van der Waals surface area contributed by atoms with Gasteiger partial charge in [-0.3, -0.25) is 14.4 Å². The summed E-state index contributed by atoms with van der Waals surface area (Å²) in [6, 6.07) is 0. The maximum absolute atomic E-state index is 16.9. The van der Waals surface area contributed by atoms with E-state index in [4.69, 9.17) is 15.0 Å². The number of carboxylic acids is 1. The van der Waals surface area contributed by atoms with Crippen LogP contribution in [-0.4, -0.2) is 73.7 Å². The van der Waals surface area contributed by atoms with Crippen molar-refractivity contribution in [2.75, 3.05) is 13.2 Å². The summed E-state index contributed by atoms with van der Waals surface area (Å²) in [4.78, 5) is 33.4. The highest BCUT2D eigenvalue weighted by atomic mass is 19.1. The van der Waals surface area contributed by atoms with E-state index in [0.717, 1.165) is 6.92 Å². The van der Waals surface area contributed by atoms with Crippen molar-refractivity contribution in [1.82, 2.24) is 0 Å². The summed E-state index contributed by atoms with van der Waals surface area (Å²) in [6.45, 7) is 7.49. The Morgan fingerprint density at radius 2 is 1.74 bits per heavy atom. The first kappa shape index (κ1) is 29.3. The van der Waals surface area contributed by atoms with Crippen LogP contribution in [0, 0.1) is 28.6 Å². The summed E-state index contributed by atoms with van der Waals surface area (Å²) >= 11 is 0. The zero-order chi connectivity index (χ0) is 27.0. The van der Waals surface area contributed by atoms with Crippen LogP contribution in [0.15, 0.2) is 23.8 Å². The summed E-state index contributed by atoms with van der Waals surface area (Å²) in [5.41, 5.74) is -5.17. The van der Waals surface area contributed by atoms with Gasteiger partial charge in [0.05, 0.1) is 6.10 Å². The second-order valence-electron chi connectivity index (χ2n) is 10.6. The average molecular weight is 499 g/mol. The highest BCUT2D eigenvalue weighted by Crippen LogP contribution is 2.70. The van der Waals surface area contributed by atoms with Gasteiger partial charge < -0.3 is 25.5 Å². The Labute approximate surface area is 205 Å². The Morgan fingerprint density at radius 1 is 1.20 bits per heavy atom. The van der Waals surface area contributed by atoms with Crippen LogP contribution in [0.5, 0.6) is 0 Å². The van der Waals surface area contributed by atoms with Gasteiger partial charge in [-0.2, -0.15) is 0 Å². The molecular formula is C26H39FO8. The number of aliphatic hydroxyl groups is 4. The average Bonchev–Trinajstić information content (AvgIpc) is 2.96. The molecule has 0 aromatic rings. The molecule has 3 saturated carbocycles. The molecule has 8 atom stereocenters. The predicted octanol–water partition coefficient (Wildman–Crippen LogP) is 1.99. The molecule has 0 spiro atoms. The van der Waals surface area contributed by atoms with Crippen molar-refractivity contribution in [2.45, 2.75) is 77.7 Å². The van der Waals surface area contributed by atoms with Gasteiger partial charge in [0.2, 0.25) is 0 Å². The SMILES string of the molecule is CC(=O)O.CCO.C[C@@H]1C[C@H]2[C@@H]3CCC4=CC(=O)C=C[C@]4(C)[C@@]3(F)[C@@H](O)C[C@]2(C)[C@@]1(O)C(=O)CO. The number of hydrogen-bond donors (Lipinski definition) is 5. The summed E-state index contributed by atoms with van der Waals surface area (Å²) in [6.07, 6.45) is 4.44. The molecule has 35 heavy (non-hydrogen) atoms. The standard InChI is InChI=1S/C22H29FO5.C2H4O2.C2H6O/c1-12-8-16-15-5-4-13-9-14(25)6-7-19(13,2)21(15,23)17(26)10-20(16,3)22(12,28)18(27)11-24;1-2(3)4;1-2-3/h6-7,9,12,15-17,24,26,28H,4-5,8,10-11H2,1-3H3;1H3,(H,3,4);3H,2H2,1H3/t12-,15+,16+,17+,19+,20+,21+,22+;;/m1../s1. The molecule has 4 aliphatic carbocycles. The zero-order valence-electron chi connectivity index (χ0n) is 21.1. The minimum absolute atomic E-state index is 0.0676. The third kappa shape index (κ3) is 4.30. The quantitative estimate of drug-likeness (QED) is 0.388. The molecule has 0 saturated heterocycles. The van der Waals surface area contributed by atoms with Crippen LogP contribution in [0.4, 0.5) is 4.39 Å². The van der Waals surface area contributed by atoms with E-state index >= 15 is 4.39 Å². The number of Topliss-reactive ketones (excluding diaryl/α,β-unsaturated/α-hetero) is 1. The number of ketones is 2. The molecule has 0 unspecified atom stereocenters. The van der Waals surface area contributed by atoms with Crippen molar-refractivity contribution in [3.05, 3.63) is 23.8 Å². The number of allylic oxidation sites excluding steroid dienone is 4. The van der Waals surface area contributed by atoms with Crippen LogP contribution < -0.4 is 0 Å². The second kappa shape index (κ2) is 10.2. The Kier molecular flexibility index (Phi) is 8.54. The minimum Gasteiger partial charge on any atom is -0.481 e. The lowest BCUT2D eigenvalue weighted by molar-refractivity contribution is -0.219. The molecule has 0 aromatic heterocycles. The first-order valence-corrected chi connectivity index (χ1v) is 12.1. The van der Waals surface area contributed by atoms with Gasteiger partial charge in [-0.05, 0) is 63.5 Å². The summed E-state index contributed by atoms with van der Waals surface area (Å²) in [5, 5.41) is 46.9. The first-order valence-electron chi connectivity index (χ1n) is 12.1. The maximum Gasteiger partial charge on any atom is 0.300 e. The lowest BCUT2D eigenvalue weighted by Crippen LogP contribution is -2.69. The summed E-state index contributed by atoms with van der Waals surface area (Å²) < 4.78 is 16.9. The fraction of sp³-hybridized carbons (Fsp3) is 0.731. The number of halogens is 1. The van der Waals surface area contributed by atoms with Gasteiger partial charge in [0.1, 0.15) is 12.2 Å². The Morgan fingerprint density at radius 3 is 2.26 bits per heavy atom. The first-order chi connectivity index (χ1) is 16.1. The molecule has 0 bridgehead atoms. The Hall–Kier alpha value is -1.94. The van der Waals surface area contributed by atoms with E-state index < -0.39 is 58.4 Å². The monoisotopic (exact) mass is 498 g/mol. The summed E-state index contributed by atoms with van der Waals surface area (Å²) in [7, 11) is 0. The predicted molar refractivity (Wildman–Crippen MR) is 126 cm³/mol. The number of alkyl halides is 1. The van der Waals surface area contributed by atoms with Crippen LogP contribution in [-0.2, 0) is 14.4 Å². The molecule has 4 aliphatic rings. The molecule has 0 aliphatic heterocycles. The minimum atomic E-state index is -1.98. The van der Waals surface area contributed by atoms with E-state index in [1.54, 1.807) is 33.8 Å². The van der Waals surface area contributed by atoms with Crippen molar-refractivity contribution in [3.63, 3.8) is 0 Å². The summed E-state index contributed by atoms with van der Waals surface area (Å²) in [5.74, 6) is -2.95. The van der Waals surface area contributed by atoms with Crippen molar-refractivity contribution in [3.8, 4) is 0 Å². The molecule has 0 aromatic carbocycles. The van der Waals surface area contributed by atoms with Gasteiger partial charge in [-0.1, -0.05) is 25.5 Å². The molecule has 9 heteroatoms. The van der Waals surface area contributed by atoms with Gasteiger partial charge in [-0.25, -0.2) is 4.39 Å². The van der Waals surface area contributed by atoms with Gasteiger partial charge in [0, 0.05) is 30.3 Å². The number of aliphatic carboxylic acids is 1. The Balaban J connectivity index is 0.000000551. The molecule has 8 nitrogen and oxygen atoms in total. The highest BCUT2D eigenvalue weighted by molar-refractivity contribution is 6.01. The Bertz CT molecular complexity index is 911. The van der Waals surface area contributed by atoms with Crippen LogP contribution in [0.2, 0.25) is 0 Å². The molecule has 0 heterocycles. The maximum atomic E-state index is 16.9. The van der Waals surface area contributed by atoms with Crippen molar-refractivity contribution in [1.29, 1.82) is 0 Å². The molecule has 5 N–H and O–H groups in total. The number of hydrogen-bond acceptors (Lipinski definition) is 7. The normalized spacial score (nSPS) is 43.3. The van der Waals surface area contributed by atoms with Crippen LogP contribution in [0.25, 0.3) is 0 Å². The smallest absolute Gasteiger partial charge is 0.300 e. The fourth-order valence-electron chi connectivity index (χ4n) is 7.26. The van der Waals surface area contributed by atoms with Crippen LogP contribution in [0.3, 0.4) is 0 Å². The lowest BCUT2D eigenvalue weighted by atomic mass is 9.44. The molecule has 4 rings (SSSR count). The number of carbonyl (C=O) groups excluding carboxylic acids is 2. The number of aliphatic hydroxyl groups excluding tert-OH is 3. The van der Waals surface area contributed by atoms with E-state index in [0.29, 0.717) is 24.8 Å². The van der Waals surface area contributed by atoms with E-state index in [9.17, 15) is 24.9 Å². The lowest BCUT2D eigenvalue weighted by Gasteiger charge is -2.62. The number of carbonyl (C=O) groups is 3. The highest BCUT2D eigenvalue weighted by Gasteiger charge is 2.75. The second-order valence-corrected chi connectivity index (χ2v) is 10.6. The zero-order valence-corrected chi connectivity index (χ0v) is 21.1. The molecule has 198 valence electrons. The third-order valence-electron chi connectivity index (χ3n) is 8.79. The van der Waals surface area contributed by atoms with Gasteiger partial charge in [0.25, 0.3) is 5.97 Å². The number of fused-ring (bicyclic) bond motifs is 5. The van der Waals surface area contributed by atoms with Crippen LogP contribution >= 0.6 is 0 Å². The van der Waals surface area contributed by atoms with Crippen molar-refractivity contribution in [2.24, 2.45) is 28.6 Å². The van der Waals surface area contributed by atoms with E-state index in [2.05, 4.69) is 0 Å². The van der Waals surface area contributed by atoms with Gasteiger partial charge >= 0.3 is 0 Å². The molecular weight excluding hydrogens is 459 g/mol. The van der Waals surface area contributed by atoms with Gasteiger partial charge in [-0.15, -0.1) is 0 Å². The van der Waals surface area contributed by atoms with E-state index in [1.807, 2.05) is 0 Å².